The molecule has 1 atom stereocenters. The van der Waals surface area contributed by atoms with E-state index in [1.807, 2.05) is 0 Å². The molecule has 2 rings (SSSR count). The molecule has 4 nitrogen and oxygen atoms in total. The lowest BCUT2D eigenvalue weighted by Gasteiger charge is -2.34. The van der Waals surface area contributed by atoms with Gasteiger partial charge in [-0.3, -0.25) is 4.79 Å². The van der Waals surface area contributed by atoms with Crippen LogP contribution < -0.4 is 0 Å². The summed E-state index contributed by atoms with van der Waals surface area (Å²) in [6.45, 7) is 1.04. The Bertz CT molecular complexity index is 455. The molecule has 1 aliphatic heterocycles. The van der Waals surface area contributed by atoms with Crippen LogP contribution in [-0.2, 0) is 4.74 Å². The minimum atomic E-state index is -0.404. The van der Waals surface area contributed by atoms with Gasteiger partial charge >= 0.3 is 0 Å². The molecule has 1 saturated heterocycles. The second kappa shape index (κ2) is 5.77. The standard InChI is InChI=1S/C12H13BrFNO3/c13-11-5-8(14)1-2-10(11)12(17)15-3-4-18-7-9(15)6-16/h1-2,5,9,16H,3-4,6-7H2. The van der Waals surface area contributed by atoms with Crippen molar-refractivity contribution >= 4 is 21.8 Å². The Labute approximate surface area is 112 Å². The van der Waals surface area contributed by atoms with Crippen molar-refractivity contribution in [3.05, 3.63) is 34.1 Å². The summed E-state index contributed by atoms with van der Waals surface area (Å²) in [6.07, 6.45) is 0. The fourth-order valence-corrected chi connectivity index (χ4v) is 2.41. The van der Waals surface area contributed by atoms with E-state index >= 15 is 0 Å². The van der Waals surface area contributed by atoms with E-state index in [-0.39, 0.29) is 18.6 Å². The van der Waals surface area contributed by atoms with Crippen molar-refractivity contribution in [2.75, 3.05) is 26.4 Å². The summed E-state index contributed by atoms with van der Waals surface area (Å²) in [5.74, 6) is -0.636. The van der Waals surface area contributed by atoms with E-state index in [1.54, 1.807) is 4.90 Å². The van der Waals surface area contributed by atoms with Gasteiger partial charge in [0.2, 0.25) is 0 Å². The normalized spacial score (nSPS) is 19.9. The lowest BCUT2D eigenvalue weighted by molar-refractivity contribution is -0.0184. The molecule has 0 aromatic heterocycles. The third-order valence-electron chi connectivity index (χ3n) is 2.86. The summed E-state index contributed by atoms with van der Waals surface area (Å²) in [6, 6.07) is 3.59. The van der Waals surface area contributed by atoms with Crippen LogP contribution in [0.15, 0.2) is 22.7 Å². The predicted octanol–water partition coefficient (Wildman–Crippen LogP) is 1.42. The second-order valence-electron chi connectivity index (χ2n) is 4.03. The van der Waals surface area contributed by atoms with Crippen molar-refractivity contribution in [1.82, 2.24) is 4.90 Å². The van der Waals surface area contributed by atoms with Crippen LogP contribution in [0.3, 0.4) is 0 Å². The maximum absolute atomic E-state index is 13.0. The smallest absolute Gasteiger partial charge is 0.255 e. The molecule has 6 heteroatoms. The van der Waals surface area contributed by atoms with Crippen molar-refractivity contribution in [2.24, 2.45) is 0 Å². The van der Waals surface area contributed by atoms with Crippen LogP contribution in [0.5, 0.6) is 0 Å². The molecule has 0 bridgehead atoms. The van der Waals surface area contributed by atoms with E-state index in [4.69, 9.17) is 4.74 Å². The van der Waals surface area contributed by atoms with Gasteiger partial charge in [-0.15, -0.1) is 0 Å². The number of carbonyl (C=O) groups is 1. The van der Waals surface area contributed by atoms with Crippen LogP contribution in [0.2, 0.25) is 0 Å². The number of amides is 1. The SMILES string of the molecule is O=C(c1ccc(F)cc1Br)N1CCOCC1CO. The van der Waals surface area contributed by atoms with E-state index in [1.165, 1.54) is 18.2 Å². The van der Waals surface area contributed by atoms with E-state index in [2.05, 4.69) is 15.9 Å². The minimum absolute atomic E-state index is 0.148. The molecule has 1 amide bonds. The van der Waals surface area contributed by atoms with Gasteiger partial charge in [0.25, 0.3) is 5.91 Å². The number of carbonyl (C=O) groups excluding carboxylic acids is 1. The molecule has 1 heterocycles. The third kappa shape index (κ3) is 2.71. The fraction of sp³-hybridized carbons (Fsp3) is 0.417. The zero-order chi connectivity index (χ0) is 13.1. The van der Waals surface area contributed by atoms with Gasteiger partial charge in [0.05, 0.1) is 31.4 Å². The average Bonchev–Trinajstić information content (AvgIpc) is 2.38. The number of hydrogen-bond acceptors (Lipinski definition) is 3. The Morgan fingerprint density at radius 1 is 1.61 bits per heavy atom. The highest BCUT2D eigenvalue weighted by Gasteiger charge is 2.28. The monoisotopic (exact) mass is 317 g/mol. The van der Waals surface area contributed by atoms with Crippen LogP contribution in [0.4, 0.5) is 4.39 Å². The van der Waals surface area contributed by atoms with E-state index < -0.39 is 5.82 Å². The number of morpholine rings is 1. The van der Waals surface area contributed by atoms with Crippen molar-refractivity contribution in [2.45, 2.75) is 6.04 Å². The summed E-state index contributed by atoms with van der Waals surface area (Å²) < 4.78 is 18.6. The zero-order valence-electron chi connectivity index (χ0n) is 9.60. The molecule has 98 valence electrons. The van der Waals surface area contributed by atoms with Crippen molar-refractivity contribution in [1.29, 1.82) is 0 Å². The molecule has 0 radical (unpaired) electrons. The highest BCUT2D eigenvalue weighted by atomic mass is 79.9. The minimum Gasteiger partial charge on any atom is -0.394 e. The van der Waals surface area contributed by atoms with Crippen molar-refractivity contribution < 1.29 is 19.0 Å². The maximum atomic E-state index is 13.0. The Kier molecular flexibility index (Phi) is 4.31. The molecule has 1 aromatic carbocycles. The Hall–Kier alpha value is -0.980. The molecule has 1 unspecified atom stereocenters. The van der Waals surface area contributed by atoms with Crippen LogP contribution in [0.1, 0.15) is 10.4 Å². The van der Waals surface area contributed by atoms with Crippen molar-refractivity contribution in [3.63, 3.8) is 0 Å². The third-order valence-corrected chi connectivity index (χ3v) is 3.52. The van der Waals surface area contributed by atoms with Gasteiger partial charge in [0.15, 0.2) is 0 Å². The number of aliphatic hydroxyl groups is 1. The number of rotatable bonds is 2. The predicted molar refractivity (Wildman–Crippen MR) is 66.8 cm³/mol. The number of aliphatic hydroxyl groups excluding tert-OH is 1. The first kappa shape index (κ1) is 13.5. The van der Waals surface area contributed by atoms with E-state index in [0.29, 0.717) is 29.8 Å². The quantitative estimate of drug-likeness (QED) is 0.897. The molecule has 0 spiro atoms. The van der Waals surface area contributed by atoms with Gasteiger partial charge in [-0.05, 0) is 34.1 Å². The van der Waals surface area contributed by atoms with Gasteiger partial charge in [-0.25, -0.2) is 4.39 Å². The molecule has 18 heavy (non-hydrogen) atoms. The van der Waals surface area contributed by atoms with E-state index in [9.17, 15) is 14.3 Å². The number of halogens is 2. The summed E-state index contributed by atoms with van der Waals surface area (Å²) in [5.41, 5.74) is 0.386. The number of ether oxygens (including phenoxy) is 1. The van der Waals surface area contributed by atoms with E-state index in [0.717, 1.165) is 0 Å². The Morgan fingerprint density at radius 3 is 3.06 bits per heavy atom. The molecule has 1 aliphatic rings. The first-order valence-electron chi connectivity index (χ1n) is 5.58. The summed E-state index contributed by atoms with van der Waals surface area (Å²) in [4.78, 5) is 13.9. The van der Waals surface area contributed by atoms with Gasteiger partial charge in [0.1, 0.15) is 5.82 Å². The summed E-state index contributed by atoms with van der Waals surface area (Å²) >= 11 is 3.17. The molecule has 1 aromatic rings. The fourth-order valence-electron chi connectivity index (χ4n) is 1.89. The first-order chi connectivity index (χ1) is 8.63. The summed E-state index contributed by atoms with van der Waals surface area (Å²) in [5, 5.41) is 9.23. The van der Waals surface area contributed by atoms with Crippen LogP contribution in [0, 0.1) is 5.82 Å². The molecule has 0 aliphatic carbocycles. The number of hydrogen-bond donors (Lipinski definition) is 1. The van der Waals surface area contributed by atoms with Gasteiger partial charge < -0.3 is 14.7 Å². The average molecular weight is 318 g/mol. The first-order valence-corrected chi connectivity index (χ1v) is 6.37. The number of benzene rings is 1. The number of nitrogens with zero attached hydrogens (tertiary/aromatic N) is 1. The maximum Gasteiger partial charge on any atom is 0.255 e. The largest absolute Gasteiger partial charge is 0.394 e. The molecular weight excluding hydrogens is 305 g/mol. The molecular formula is C12H13BrFNO3. The highest BCUT2D eigenvalue weighted by Crippen LogP contribution is 2.21. The van der Waals surface area contributed by atoms with Crippen LogP contribution in [-0.4, -0.2) is 48.3 Å². The Morgan fingerprint density at radius 2 is 2.39 bits per heavy atom. The Balaban J connectivity index is 2.24. The highest BCUT2D eigenvalue weighted by molar-refractivity contribution is 9.10. The second-order valence-corrected chi connectivity index (χ2v) is 4.89. The topological polar surface area (TPSA) is 49.8 Å². The van der Waals surface area contributed by atoms with Gasteiger partial charge in [-0.2, -0.15) is 0 Å². The van der Waals surface area contributed by atoms with Crippen molar-refractivity contribution in [3.8, 4) is 0 Å². The zero-order valence-corrected chi connectivity index (χ0v) is 11.2. The molecule has 1 fully saturated rings. The van der Waals surface area contributed by atoms with Crippen LogP contribution in [0.25, 0.3) is 0 Å². The summed E-state index contributed by atoms with van der Waals surface area (Å²) in [7, 11) is 0. The van der Waals surface area contributed by atoms with Crippen LogP contribution >= 0.6 is 15.9 Å². The van der Waals surface area contributed by atoms with Gasteiger partial charge in [-0.1, -0.05) is 0 Å². The lowest BCUT2D eigenvalue weighted by atomic mass is 10.1. The molecule has 0 saturated carbocycles. The lowest BCUT2D eigenvalue weighted by Crippen LogP contribution is -2.50. The van der Waals surface area contributed by atoms with Gasteiger partial charge in [0, 0.05) is 11.0 Å². The molecule has 1 N–H and O–H groups in total.